The van der Waals surface area contributed by atoms with Crippen LogP contribution in [0.4, 0.5) is 0 Å². The molecule has 2 aromatic rings. The van der Waals surface area contributed by atoms with Crippen LogP contribution in [-0.2, 0) is 4.79 Å². The van der Waals surface area contributed by atoms with Crippen molar-refractivity contribution in [2.45, 2.75) is 25.8 Å². The average molecular weight is 342 g/mol. The Bertz CT molecular complexity index is 749. The van der Waals surface area contributed by atoms with Gasteiger partial charge in [0.25, 0.3) is 5.91 Å². The van der Waals surface area contributed by atoms with Crippen LogP contribution in [0.2, 0.25) is 0 Å². The van der Waals surface area contributed by atoms with E-state index in [1.807, 2.05) is 35.2 Å². The Hall–Kier alpha value is -2.67. The van der Waals surface area contributed by atoms with Crippen LogP contribution in [-0.4, -0.2) is 47.4 Å². The first-order valence-corrected chi connectivity index (χ1v) is 8.37. The number of benzene rings is 1. The molecular formula is C18H22N4O3. The maximum atomic E-state index is 12.5. The van der Waals surface area contributed by atoms with E-state index in [-0.39, 0.29) is 24.4 Å². The molecule has 3 rings (SSSR count). The minimum atomic E-state index is -0.325. The van der Waals surface area contributed by atoms with Gasteiger partial charge in [-0.1, -0.05) is 18.2 Å². The van der Waals surface area contributed by atoms with Crippen LogP contribution in [0, 0.1) is 6.92 Å². The van der Waals surface area contributed by atoms with Crippen LogP contribution < -0.4 is 11.1 Å². The van der Waals surface area contributed by atoms with Gasteiger partial charge >= 0.3 is 0 Å². The molecule has 0 unspecified atom stereocenters. The minimum Gasteiger partial charge on any atom is -0.441 e. The number of primary amides is 1. The number of amides is 2. The molecule has 1 saturated heterocycles. The van der Waals surface area contributed by atoms with Gasteiger partial charge in [0, 0.05) is 24.7 Å². The molecule has 0 atom stereocenters. The Morgan fingerprint density at radius 1 is 1.28 bits per heavy atom. The lowest BCUT2D eigenvalue weighted by atomic mass is 10.0. The third-order valence-electron chi connectivity index (χ3n) is 4.33. The maximum absolute atomic E-state index is 12.5. The zero-order valence-electron chi connectivity index (χ0n) is 14.2. The van der Waals surface area contributed by atoms with Gasteiger partial charge in [0.05, 0.1) is 6.54 Å². The molecule has 0 aliphatic carbocycles. The van der Waals surface area contributed by atoms with Crippen LogP contribution in [0.15, 0.2) is 34.7 Å². The lowest BCUT2D eigenvalue weighted by Gasteiger charge is -2.31. The number of hydrogen-bond donors (Lipinski definition) is 2. The second-order valence-corrected chi connectivity index (χ2v) is 6.28. The molecule has 1 aromatic heterocycles. The van der Waals surface area contributed by atoms with Crippen molar-refractivity contribution in [3.05, 3.63) is 41.8 Å². The molecule has 0 radical (unpaired) electrons. The number of aryl methyl sites for hydroxylation is 1. The number of carbonyl (C=O) groups excluding carboxylic acids is 2. The van der Waals surface area contributed by atoms with Gasteiger partial charge in [-0.2, -0.15) is 0 Å². The van der Waals surface area contributed by atoms with Gasteiger partial charge in [0.15, 0.2) is 5.69 Å². The van der Waals surface area contributed by atoms with Gasteiger partial charge in [-0.05, 0) is 31.9 Å². The number of nitrogens with zero attached hydrogens (tertiary/aromatic N) is 2. The number of nitrogens with two attached hydrogens (primary N) is 1. The molecule has 2 amide bonds. The molecular weight excluding hydrogens is 320 g/mol. The number of nitrogens with one attached hydrogen (secondary N) is 1. The lowest BCUT2D eigenvalue weighted by Crippen LogP contribution is -2.46. The van der Waals surface area contributed by atoms with Gasteiger partial charge in [-0.3, -0.25) is 14.5 Å². The number of aromatic nitrogens is 1. The topological polar surface area (TPSA) is 101 Å². The largest absolute Gasteiger partial charge is 0.441 e. The van der Waals surface area contributed by atoms with Gasteiger partial charge in [0.2, 0.25) is 11.8 Å². The van der Waals surface area contributed by atoms with Gasteiger partial charge in [-0.15, -0.1) is 0 Å². The molecule has 132 valence electrons. The third kappa shape index (κ3) is 4.24. The summed E-state index contributed by atoms with van der Waals surface area (Å²) in [6.07, 6.45) is 1.56. The molecule has 7 heteroatoms. The number of carbonyl (C=O) groups is 2. The van der Waals surface area contributed by atoms with Crippen molar-refractivity contribution < 1.29 is 14.0 Å². The molecule has 1 aliphatic rings. The number of piperidine rings is 1. The number of rotatable bonds is 5. The molecule has 0 spiro atoms. The van der Waals surface area contributed by atoms with E-state index < -0.39 is 0 Å². The third-order valence-corrected chi connectivity index (χ3v) is 4.33. The fourth-order valence-electron chi connectivity index (χ4n) is 3.02. The van der Waals surface area contributed by atoms with Gasteiger partial charge < -0.3 is 15.5 Å². The summed E-state index contributed by atoms with van der Waals surface area (Å²) in [5, 5.41) is 3.01. The Kier molecular flexibility index (Phi) is 5.14. The molecule has 0 bridgehead atoms. The van der Waals surface area contributed by atoms with E-state index >= 15 is 0 Å². The van der Waals surface area contributed by atoms with Gasteiger partial charge in [-0.25, -0.2) is 4.98 Å². The van der Waals surface area contributed by atoms with Crippen molar-refractivity contribution in [2.75, 3.05) is 19.6 Å². The summed E-state index contributed by atoms with van der Waals surface area (Å²) in [6, 6.07) is 9.55. The van der Waals surface area contributed by atoms with E-state index in [1.54, 1.807) is 6.92 Å². The average Bonchev–Trinajstić information content (AvgIpc) is 2.99. The standard InChI is InChI=1S/C18H22N4O3/c1-12-16(21-18(25-12)13-5-3-2-4-6-13)17(24)20-14-7-9-22(10-8-14)11-15(19)23/h2-6,14H,7-11H2,1H3,(H2,19,23)(H,20,24). The zero-order chi connectivity index (χ0) is 17.8. The van der Waals surface area contributed by atoms with Crippen molar-refractivity contribution in [3.63, 3.8) is 0 Å². The summed E-state index contributed by atoms with van der Waals surface area (Å²) in [7, 11) is 0. The van der Waals surface area contributed by atoms with Crippen LogP contribution >= 0.6 is 0 Å². The highest BCUT2D eigenvalue weighted by Gasteiger charge is 2.24. The smallest absolute Gasteiger partial charge is 0.273 e. The molecule has 1 aliphatic heterocycles. The fraction of sp³-hybridized carbons (Fsp3) is 0.389. The first-order valence-electron chi connectivity index (χ1n) is 8.37. The predicted molar refractivity (Wildman–Crippen MR) is 92.8 cm³/mol. The Labute approximate surface area is 146 Å². The Balaban J connectivity index is 1.61. The van der Waals surface area contributed by atoms with Crippen LogP contribution in [0.1, 0.15) is 29.1 Å². The van der Waals surface area contributed by atoms with Crippen LogP contribution in [0.3, 0.4) is 0 Å². The summed E-state index contributed by atoms with van der Waals surface area (Å²) in [4.78, 5) is 29.8. The summed E-state index contributed by atoms with van der Waals surface area (Å²) < 4.78 is 5.64. The SMILES string of the molecule is Cc1oc(-c2ccccc2)nc1C(=O)NC1CCN(CC(N)=O)CC1. The number of oxazole rings is 1. The lowest BCUT2D eigenvalue weighted by molar-refractivity contribution is -0.119. The summed E-state index contributed by atoms with van der Waals surface area (Å²) >= 11 is 0. The highest BCUT2D eigenvalue weighted by Crippen LogP contribution is 2.21. The van der Waals surface area contributed by atoms with Crippen LogP contribution in [0.25, 0.3) is 11.5 Å². The molecule has 1 aromatic carbocycles. The molecule has 0 saturated carbocycles. The second-order valence-electron chi connectivity index (χ2n) is 6.28. The Morgan fingerprint density at radius 2 is 1.96 bits per heavy atom. The highest BCUT2D eigenvalue weighted by atomic mass is 16.4. The first-order chi connectivity index (χ1) is 12.0. The second kappa shape index (κ2) is 7.48. The van der Waals surface area contributed by atoms with Crippen molar-refractivity contribution in [3.8, 4) is 11.5 Å². The summed E-state index contributed by atoms with van der Waals surface area (Å²) in [5.41, 5.74) is 6.37. The number of likely N-dealkylation sites (tertiary alicyclic amines) is 1. The van der Waals surface area contributed by atoms with E-state index in [0.29, 0.717) is 17.3 Å². The summed E-state index contributed by atoms with van der Waals surface area (Å²) in [5.74, 6) is 0.396. The van der Waals surface area contributed by atoms with Crippen LogP contribution in [0.5, 0.6) is 0 Å². The quantitative estimate of drug-likeness (QED) is 0.853. The van der Waals surface area contributed by atoms with Crippen molar-refractivity contribution in [1.29, 1.82) is 0 Å². The fourth-order valence-corrected chi connectivity index (χ4v) is 3.02. The molecule has 3 N–H and O–H groups in total. The zero-order valence-corrected chi connectivity index (χ0v) is 14.2. The normalized spacial score (nSPS) is 15.9. The maximum Gasteiger partial charge on any atom is 0.273 e. The molecule has 2 heterocycles. The molecule has 25 heavy (non-hydrogen) atoms. The van der Waals surface area contributed by atoms with E-state index in [4.69, 9.17) is 10.2 Å². The Morgan fingerprint density at radius 3 is 2.60 bits per heavy atom. The monoisotopic (exact) mass is 342 g/mol. The summed E-state index contributed by atoms with van der Waals surface area (Å²) in [6.45, 7) is 3.48. The van der Waals surface area contributed by atoms with Crippen molar-refractivity contribution in [2.24, 2.45) is 5.73 Å². The van der Waals surface area contributed by atoms with Crippen molar-refractivity contribution in [1.82, 2.24) is 15.2 Å². The van der Waals surface area contributed by atoms with Gasteiger partial charge in [0.1, 0.15) is 5.76 Å². The first kappa shape index (κ1) is 17.2. The van der Waals surface area contributed by atoms with E-state index in [2.05, 4.69) is 10.3 Å². The predicted octanol–water partition coefficient (Wildman–Crippen LogP) is 1.33. The van der Waals surface area contributed by atoms with E-state index in [0.717, 1.165) is 31.5 Å². The minimum absolute atomic E-state index is 0.0629. The molecule has 1 fully saturated rings. The highest BCUT2D eigenvalue weighted by molar-refractivity contribution is 5.93. The van der Waals surface area contributed by atoms with Crippen molar-refractivity contribution >= 4 is 11.8 Å². The van der Waals surface area contributed by atoms with E-state index in [9.17, 15) is 9.59 Å². The molecule has 7 nitrogen and oxygen atoms in total. The number of hydrogen-bond acceptors (Lipinski definition) is 5. The van der Waals surface area contributed by atoms with E-state index in [1.165, 1.54) is 0 Å².